The summed E-state index contributed by atoms with van der Waals surface area (Å²) in [6.45, 7) is 0. The van der Waals surface area contributed by atoms with Gasteiger partial charge in [-0.1, -0.05) is 36.4 Å². The molecular weight excluding hydrogens is 274 g/mol. The SMILES string of the molecule is O=S([O-])c1ccc(C=Cc2ccc(F)cc2)cc1.[Na+]. The number of hydrogen-bond donors (Lipinski definition) is 0. The molecule has 1 unspecified atom stereocenters. The summed E-state index contributed by atoms with van der Waals surface area (Å²) in [6, 6.07) is 12.6. The predicted molar refractivity (Wildman–Crippen MR) is 69.0 cm³/mol. The van der Waals surface area contributed by atoms with E-state index in [-0.39, 0.29) is 40.3 Å². The largest absolute Gasteiger partial charge is 1.00 e. The Morgan fingerprint density at radius 3 is 1.74 bits per heavy atom. The van der Waals surface area contributed by atoms with Crippen molar-refractivity contribution >= 4 is 23.2 Å². The average Bonchev–Trinajstić information content (AvgIpc) is 2.38. The molecule has 0 radical (unpaired) electrons. The summed E-state index contributed by atoms with van der Waals surface area (Å²) in [6.07, 6.45) is 3.67. The summed E-state index contributed by atoms with van der Waals surface area (Å²) in [4.78, 5) is 0.258. The second-order valence-corrected chi connectivity index (χ2v) is 4.63. The van der Waals surface area contributed by atoms with Gasteiger partial charge in [0.1, 0.15) is 5.82 Å². The molecule has 0 aliphatic heterocycles. The van der Waals surface area contributed by atoms with Gasteiger partial charge < -0.3 is 4.55 Å². The Morgan fingerprint density at radius 1 is 0.895 bits per heavy atom. The summed E-state index contributed by atoms with van der Waals surface area (Å²) < 4.78 is 34.0. The topological polar surface area (TPSA) is 40.1 Å². The molecule has 0 saturated heterocycles. The molecule has 92 valence electrons. The minimum atomic E-state index is -2.20. The molecule has 0 aromatic heterocycles. The van der Waals surface area contributed by atoms with Gasteiger partial charge in [-0.3, -0.25) is 4.21 Å². The number of halogens is 1. The van der Waals surface area contributed by atoms with Crippen LogP contribution >= 0.6 is 0 Å². The molecule has 2 aromatic carbocycles. The fraction of sp³-hybridized carbons (Fsp3) is 0. The van der Waals surface area contributed by atoms with E-state index >= 15 is 0 Å². The fourth-order valence-electron chi connectivity index (χ4n) is 1.46. The van der Waals surface area contributed by atoms with E-state index in [0.29, 0.717) is 0 Å². The van der Waals surface area contributed by atoms with Crippen molar-refractivity contribution in [2.24, 2.45) is 0 Å². The first-order chi connectivity index (χ1) is 8.65. The molecule has 0 N–H and O–H groups in total. The van der Waals surface area contributed by atoms with Gasteiger partial charge in [-0.25, -0.2) is 4.39 Å². The van der Waals surface area contributed by atoms with Crippen LogP contribution in [0.5, 0.6) is 0 Å². The molecular formula is C14H10FNaO2S. The van der Waals surface area contributed by atoms with Crippen molar-refractivity contribution in [2.45, 2.75) is 4.90 Å². The molecule has 19 heavy (non-hydrogen) atoms. The Bertz CT molecular complexity index is 579. The van der Waals surface area contributed by atoms with E-state index in [1.54, 1.807) is 24.3 Å². The summed E-state index contributed by atoms with van der Waals surface area (Å²) in [5.74, 6) is -0.269. The van der Waals surface area contributed by atoms with Crippen LogP contribution in [0.3, 0.4) is 0 Å². The third-order valence-electron chi connectivity index (χ3n) is 2.41. The van der Waals surface area contributed by atoms with E-state index in [0.717, 1.165) is 11.1 Å². The standard InChI is InChI=1S/C14H11FO2S.Na/c15-13-7-3-11(4-8-13)1-2-12-5-9-14(10-6-12)18(16)17;/h1-10H,(H,16,17);/q;+1/p-1. The van der Waals surface area contributed by atoms with E-state index in [9.17, 15) is 13.2 Å². The van der Waals surface area contributed by atoms with E-state index in [4.69, 9.17) is 0 Å². The minimum absolute atomic E-state index is 0. The van der Waals surface area contributed by atoms with E-state index < -0.39 is 11.1 Å². The molecule has 0 saturated carbocycles. The fourth-order valence-corrected chi connectivity index (χ4v) is 1.81. The van der Waals surface area contributed by atoms with Gasteiger partial charge in [0.2, 0.25) is 0 Å². The van der Waals surface area contributed by atoms with Crippen molar-refractivity contribution in [3.8, 4) is 0 Å². The maximum atomic E-state index is 12.7. The van der Waals surface area contributed by atoms with Crippen LogP contribution in [0.2, 0.25) is 0 Å². The Labute approximate surface area is 135 Å². The molecule has 1 atom stereocenters. The summed E-state index contributed by atoms with van der Waals surface area (Å²) in [5.41, 5.74) is 1.77. The van der Waals surface area contributed by atoms with Crippen molar-refractivity contribution in [3.05, 3.63) is 65.5 Å². The first-order valence-corrected chi connectivity index (χ1v) is 6.35. The molecule has 0 amide bonds. The summed E-state index contributed by atoms with van der Waals surface area (Å²) in [5, 5.41) is 0. The van der Waals surface area contributed by atoms with Crippen molar-refractivity contribution in [3.63, 3.8) is 0 Å². The van der Waals surface area contributed by atoms with Gasteiger partial charge in [0.05, 0.1) is 0 Å². The zero-order chi connectivity index (χ0) is 13.0. The van der Waals surface area contributed by atoms with Crippen LogP contribution in [0.25, 0.3) is 12.2 Å². The van der Waals surface area contributed by atoms with Crippen LogP contribution in [0, 0.1) is 5.82 Å². The predicted octanol–water partition coefficient (Wildman–Crippen LogP) is 0.238. The van der Waals surface area contributed by atoms with E-state index in [1.165, 1.54) is 24.3 Å². The van der Waals surface area contributed by atoms with Crippen molar-refractivity contribution < 1.29 is 42.7 Å². The third kappa shape index (κ3) is 5.01. The van der Waals surface area contributed by atoms with Crippen LogP contribution < -0.4 is 29.6 Å². The zero-order valence-electron chi connectivity index (χ0n) is 10.4. The second-order valence-electron chi connectivity index (χ2n) is 3.69. The number of benzene rings is 2. The Kier molecular flexibility index (Phi) is 6.62. The molecule has 2 aromatic rings. The maximum absolute atomic E-state index is 12.7. The molecule has 0 aliphatic rings. The zero-order valence-corrected chi connectivity index (χ0v) is 13.2. The van der Waals surface area contributed by atoms with Gasteiger partial charge in [-0.2, -0.15) is 0 Å². The molecule has 0 spiro atoms. The molecule has 0 aliphatic carbocycles. The quantitative estimate of drug-likeness (QED) is 0.460. The Balaban J connectivity index is 0.00000180. The van der Waals surface area contributed by atoms with Gasteiger partial charge >= 0.3 is 29.6 Å². The first kappa shape index (κ1) is 16.3. The molecule has 0 bridgehead atoms. The van der Waals surface area contributed by atoms with Gasteiger partial charge in [0.15, 0.2) is 0 Å². The third-order valence-corrected chi connectivity index (χ3v) is 3.07. The van der Waals surface area contributed by atoms with Gasteiger partial charge in [-0.15, -0.1) is 0 Å². The van der Waals surface area contributed by atoms with E-state index in [1.807, 2.05) is 12.2 Å². The summed E-state index contributed by atoms with van der Waals surface area (Å²) in [7, 11) is 0. The minimum Gasteiger partial charge on any atom is -0.768 e. The van der Waals surface area contributed by atoms with Gasteiger partial charge in [0, 0.05) is 4.90 Å². The normalized spacial score (nSPS) is 12.1. The van der Waals surface area contributed by atoms with Crippen LogP contribution in [-0.2, 0) is 11.1 Å². The van der Waals surface area contributed by atoms with Gasteiger partial charge in [0.25, 0.3) is 0 Å². The molecule has 0 heterocycles. The van der Waals surface area contributed by atoms with Crippen LogP contribution in [-0.4, -0.2) is 8.76 Å². The van der Waals surface area contributed by atoms with E-state index in [2.05, 4.69) is 0 Å². The van der Waals surface area contributed by atoms with Crippen LogP contribution in [0.4, 0.5) is 4.39 Å². The Hall–Kier alpha value is -0.780. The van der Waals surface area contributed by atoms with Crippen LogP contribution in [0.1, 0.15) is 11.1 Å². The monoisotopic (exact) mass is 284 g/mol. The second kappa shape index (κ2) is 7.72. The molecule has 2 rings (SSSR count). The van der Waals surface area contributed by atoms with Gasteiger partial charge in [-0.05, 0) is 46.5 Å². The van der Waals surface area contributed by atoms with Crippen LogP contribution in [0.15, 0.2) is 53.4 Å². The molecule has 2 nitrogen and oxygen atoms in total. The average molecular weight is 284 g/mol. The van der Waals surface area contributed by atoms with Crippen molar-refractivity contribution in [1.29, 1.82) is 0 Å². The van der Waals surface area contributed by atoms with Crippen molar-refractivity contribution in [2.75, 3.05) is 0 Å². The Morgan fingerprint density at radius 2 is 1.32 bits per heavy atom. The number of rotatable bonds is 3. The smallest absolute Gasteiger partial charge is 0.768 e. The van der Waals surface area contributed by atoms with Crippen molar-refractivity contribution in [1.82, 2.24) is 0 Å². The molecule has 0 fully saturated rings. The maximum Gasteiger partial charge on any atom is 1.00 e. The summed E-state index contributed by atoms with van der Waals surface area (Å²) >= 11 is -2.20. The molecule has 5 heteroatoms. The first-order valence-electron chi connectivity index (χ1n) is 5.28. The number of hydrogen-bond acceptors (Lipinski definition) is 2.